The van der Waals surface area contributed by atoms with Gasteiger partial charge < -0.3 is 5.73 Å². The van der Waals surface area contributed by atoms with Crippen molar-refractivity contribution in [2.24, 2.45) is 0 Å². The SMILES string of the molecule is C/C=C\c1[nH]nc(N)c1/C=C\C. The van der Waals surface area contributed by atoms with Crippen molar-refractivity contribution in [1.82, 2.24) is 10.2 Å². The summed E-state index contributed by atoms with van der Waals surface area (Å²) in [5, 5.41) is 6.75. The number of anilines is 1. The van der Waals surface area contributed by atoms with E-state index in [0.29, 0.717) is 5.82 Å². The van der Waals surface area contributed by atoms with Crippen LogP contribution in [0.2, 0.25) is 0 Å². The Morgan fingerprint density at radius 1 is 1.25 bits per heavy atom. The molecule has 3 heteroatoms. The monoisotopic (exact) mass is 163 g/mol. The van der Waals surface area contributed by atoms with Crippen LogP contribution in [0.25, 0.3) is 12.2 Å². The maximum absolute atomic E-state index is 5.63. The van der Waals surface area contributed by atoms with Crippen LogP contribution in [0.1, 0.15) is 25.1 Å². The van der Waals surface area contributed by atoms with Crippen molar-refractivity contribution in [3.8, 4) is 0 Å². The van der Waals surface area contributed by atoms with Crippen LogP contribution in [-0.4, -0.2) is 10.2 Å². The number of nitrogen functional groups attached to an aromatic ring is 1. The fourth-order valence-electron chi connectivity index (χ4n) is 1.01. The standard InChI is InChI=1S/C9H13N3/c1-3-5-7-8(6-4-2)11-12-9(7)10/h3-6H,1-2H3,(H3,10,11,12)/b5-3-,6-4-. The van der Waals surface area contributed by atoms with Gasteiger partial charge in [0.15, 0.2) is 5.82 Å². The van der Waals surface area contributed by atoms with Crippen molar-refractivity contribution in [1.29, 1.82) is 0 Å². The summed E-state index contributed by atoms with van der Waals surface area (Å²) >= 11 is 0. The second-order valence-electron chi connectivity index (χ2n) is 2.44. The molecule has 0 bridgehead atoms. The van der Waals surface area contributed by atoms with Crippen molar-refractivity contribution in [3.63, 3.8) is 0 Å². The molecular weight excluding hydrogens is 150 g/mol. The lowest BCUT2D eigenvalue weighted by Crippen LogP contribution is -1.86. The smallest absolute Gasteiger partial charge is 0.153 e. The van der Waals surface area contributed by atoms with Crippen molar-refractivity contribution < 1.29 is 0 Å². The van der Waals surface area contributed by atoms with E-state index < -0.39 is 0 Å². The maximum Gasteiger partial charge on any atom is 0.153 e. The van der Waals surface area contributed by atoms with Gasteiger partial charge >= 0.3 is 0 Å². The number of H-pyrrole nitrogens is 1. The fraction of sp³-hybridized carbons (Fsp3) is 0.222. The van der Waals surface area contributed by atoms with Crippen LogP contribution >= 0.6 is 0 Å². The molecule has 1 heterocycles. The first-order valence-electron chi connectivity index (χ1n) is 3.88. The van der Waals surface area contributed by atoms with E-state index in [9.17, 15) is 0 Å². The lowest BCUT2D eigenvalue weighted by molar-refractivity contribution is 1.09. The number of hydrogen-bond acceptors (Lipinski definition) is 2. The van der Waals surface area contributed by atoms with E-state index in [2.05, 4.69) is 10.2 Å². The highest BCUT2D eigenvalue weighted by molar-refractivity contribution is 5.70. The Bertz CT molecular complexity index is 308. The summed E-state index contributed by atoms with van der Waals surface area (Å²) in [6.45, 7) is 3.91. The second-order valence-corrected chi connectivity index (χ2v) is 2.44. The van der Waals surface area contributed by atoms with E-state index in [-0.39, 0.29) is 0 Å². The van der Waals surface area contributed by atoms with Crippen LogP contribution in [0, 0.1) is 0 Å². The molecule has 0 spiro atoms. The third kappa shape index (κ3) is 1.56. The largest absolute Gasteiger partial charge is 0.382 e. The minimum absolute atomic E-state index is 0.543. The minimum Gasteiger partial charge on any atom is -0.382 e. The summed E-state index contributed by atoms with van der Waals surface area (Å²) in [5.74, 6) is 0.543. The molecule has 0 aliphatic rings. The summed E-state index contributed by atoms with van der Waals surface area (Å²) in [5.41, 5.74) is 7.54. The zero-order chi connectivity index (χ0) is 8.97. The van der Waals surface area contributed by atoms with Gasteiger partial charge in [0.2, 0.25) is 0 Å². The van der Waals surface area contributed by atoms with Gasteiger partial charge in [-0.1, -0.05) is 18.2 Å². The molecule has 1 rings (SSSR count). The van der Waals surface area contributed by atoms with Gasteiger partial charge in [-0.3, -0.25) is 5.10 Å². The average Bonchev–Trinajstić information content (AvgIpc) is 2.37. The highest BCUT2D eigenvalue weighted by Crippen LogP contribution is 2.16. The van der Waals surface area contributed by atoms with Gasteiger partial charge in [0.25, 0.3) is 0 Å². The Morgan fingerprint density at radius 3 is 2.50 bits per heavy atom. The molecule has 0 fully saturated rings. The molecule has 0 saturated heterocycles. The Labute approximate surface area is 72.0 Å². The van der Waals surface area contributed by atoms with Gasteiger partial charge in [-0.2, -0.15) is 5.10 Å². The van der Waals surface area contributed by atoms with Crippen LogP contribution in [0.5, 0.6) is 0 Å². The molecular formula is C9H13N3. The van der Waals surface area contributed by atoms with Crippen molar-refractivity contribution in [3.05, 3.63) is 23.4 Å². The third-order valence-electron chi connectivity index (χ3n) is 1.53. The van der Waals surface area contributed by atoms with E-state index in [4.69, 9.17) is 5.73 Å². The number of nitrogens with two attached hydrogens (primary N) is 1. The van der Waals surface area contributed by atoms with Gasteiger partial charge in [-0.05, 0) is 19.9 Å². The Morgan fingerprint density at radius 2 is 1.92 bits per heavy atom. The fourth-order valence-corrected chi connectivity index (χ4v) is 1.01. The number of nitrogens with zero attached hydrogens (tertiary/aromatic N) is 1. The first-order chi connectivity index (χ1) is 5.79. The number of allylic oxidation sites excluding steroid dienone is 2. The zero-order valence-electron chi connectivity index (χ0n) is 7.33. The predicted molar refractivity (Wildman–Crippen MR) is 52.4 cm³/mol. The molecule has 0 saturated carbocycles. The van der Waals surface area contributed by atoms with Crippen LogP contribution < -0.4 is 5.73 Å². The Hall–Kier alpha value is -1.51. The topological polar surface area (TPSA) is 54.7 Å². The minimum atomic E-state index is 0.543. The average molecular weight is 163 g/mol. The number of aromatic amines is 1. The Balaban J connectivity index is 3.12. The van der Waals surface area contributed by atoms with Gasteiger partial charge in [0.1, 0.15) is 0 Å². The van der Waals surface area contributed by atoms with E-state index in [1.54, 1.807) is 0 Å². The van der Waals surface area contributed by atoms with Gasteiger partial charge in [0, 0.05) is 5.56 Å². The molecule has 0 aliphatic carbocycles. The molecule has 1 aromatic heterocycles. The maximum atomic E-state index is 5.63. The highest BCUT2D eigenvalue weighted by atomic mass is 15.2. The summed E-state index contributed by atoms with van der Waals surface area (Å²) in [7, 11) is 0. The van der Waals surface area contributed by atoms with E-state index in [1.165, 1.54) is 0 Å². The van der Waals surface area contributed by atoms with Crippen LogP contribution in [0.4, 0.5) is 5.82 Å². The molecule has 64 valence electrons. The van der Waals surface area contributed by atoms with Crippen LogP contribution in [-0.2, 0) is 0 Å². The molecule has 0 radical (unpaired) electrons. The predicted octanol–water partition coefficient (Wildman–Crippen LogP) is 2.06. The summed E-state index contributed by atoms with van der Waals surface area (Å²) in [6, 6.07) is 0. The highest BCUT2D eigenvalue weighted by Gasteiger charge is 2.03. The van der Waals surface area contributed by atoms with Gasteiger partial charge in [-0.15, -0.1) is 0 Å². The van der Waals surface area contributed by atoms with Crippen molar-refractivity contribution >= 4 is 18.0 Å². The van der Waals surface area contributed by atoms with Crippen molar-refractivity contribution in [2.45, 2.75) is 13.8 Å². The molecule has 12 heavy (non-hydrogen) atoms. The molecule has 0 aromatic carbocycles. The second kappa shape index (κ2) is 3.76. The summed E-state index contributed by atoms with van der Waals surface area (Å²) < 4.78 is 0. The summed E-state index contributed by atoms with van der Waals surface area (Å²) in [6.07, 6.45) is 7.76. The quantitative estimate of drug-likeness (QED) is 0.701. The number of rotatable bonds is 2. The third-order valence-corrected chi connectivity index (χ3v) is 1.53. The van der Waals surface area contributed by atoms with Crippen LogP contribution in [0.3, 0.4) is 0 Å². The van der Waals surface area contributed by atoms with Gasteiger partial charge in [-0.25, -0.2) is 0 Å². The summed E-state index contributed by atoms with van der Waals surface area (Å²) in [4.78, 5) is 0. The lowest BCUT2D eigenvalue weighted by Gasteiger charge is -1.90. The number of hydrogen-bond donors (Lipinski definition) is 2. The lowest BCUT2D eigenvalue weighted by atomic mass is 10.2. The molecule has 0 unspecified atom stereocenters. The molecule has 0 amide bonds. The molecule has 3 N–H and O–H groups in total. The first-order valence-corrected chi connectivity index (χ1v) is 3.88. The van der Waals surface area contributed by atoms with E-state index >= 15 is 0 Å². The van der Waals surface area contributed by atoms with Crippen LogP contribution in [0.15, 0.2) is 12.2 Å². The molecule has 1 aromatic rings. The molecule has 0 atom stereocenters. The Kier molecular flexibility index (Phi) is 2.69. The molecule has 0 aliphatic heterocycles. The van der Waals surface area contributed by atoms with Crippen molar-refractivity contribution in [2.75, 3.05) is 5.73 Å². The molecule has 3 nitrogen and oxygen atoms in total. The normalized spacial score (nSPS) is 11.8. The van der Waals surface area contributed by atoms with E-state index in [0.717, 1.165) is 11.3 Å². The van der Waals surface area contributed by atoms with Gasteiger partial charge in [0.05, 0.1) is 5.69 Å². The number of nitrogens with one attached hydrogen (secondary N) is 1. The number of aromatic nitrogens is 2. The zero-order valence-corrected chi connectivity index (χ0v) is 7.33. The van der Waals surface area contributed by atoms with E-state index in [1.807, 2.05) is 38.2 Å². The first kappa shape index (κ1) is 8.59.